The molecular formula is C14H22N2O. The molecule has 0 radical (unpaired) electrons. The van der Waals surface area contributed by atoms with E-state index in [4.69, 9.17) is 0 Å². The van der Waals surface area contributed by atoms with Crippen LogP contribution in [0.5, 0.6) is 0 Å². The molecule has 0 aromatic heterocycles. The van der Waals surface area contributed by atoms with Gasteiger partial charge in [0.15, 0.2) is 0 Å². The van der Waals surface area contributed by atoms with E-state index in [0.29, 0.717) is 6.54 Å². The molecule has 0 bridgehead atoms. The van der Waals surface area contributed by atoms with E-state index in [0.717, 1.165) is 26.2 Å². The third-order valence-corrected chi connectivity index (χ3v) is 3.22. The summed E-state index contributed by atoms with van der Waals surface area (Å²) in [7, 11) is 0. The van der Waals surface area contributed by atoms with Crippen molar-refractivity contribution in [2.75, 3.05) is 26.2 Å². The maximum Gasteiger partial charge on any atom is 0.0791 e. The third kappa shape index (κ3) is 4.46. The molecule has 0 spiro atoms. The van der Waals surface area contributed by atoms with Crippen LogP contribution in [0.1, 0.15) is 18.4 Å². The number of nitrogens with one attached hydrogen (secondary N) is 1. The van der Waals surface area contributed by atoms with Gasteiger partial charge in [0.25, 0.3) is 0 Å². The van der Waals surface area contributed by atoms with Gasteiger partial charge in [0.1, 0.15) is 0 Å². The van der Waals surface area contributed by atoms with Gasteiger partial charge in [-0.1, -0.05) is 30.3 Å². The zero-order chi connectivity index (χ0) is 11.9. The number of likely N-dealkylation sites (tertiary alicyclic amines) is 1. The molecule has 2 rings (SSSR count). The van der Waals surface area contributed by atoms with Gasteiger partial charge in [-0.25, -0.2) is 0 Å². The highest BCUT2D eigenvalue weighted by Crippen LogP contribution is 2.07. The third-order valence-electron chi connectivity index (χ3n) is 3.22. The predicted molar refractivity (Wildman–Crippen MR) is 69.8 cm³/mol. The average molecular weight is 234 g/mol. The molecule has 1 fully saturated rings. The summed E-state index contributed by atoms with van der Waals surface area (Å²) in [6.07, 6.45) is 2.31. The van der Waals surface area contributed by atoms with Crippen LogP contribution >= 0.6 is 0 Å². The van der Waals surface area contributed by atoms with Gasteiger partial charge in [-0.15, -0.1) is 0 Å². The Morgan fingerprint density at radius 3 is 2.59 bits per heavy atom. The predicted octanol–water partition coefficient (Wildman–Crippen LogP) is 1.23. The van der Waals surface area contributed by atoms with Gasteiger partial charge >= 0.3 is 0 Å². The first-order valence-corrected chi connectivity index (χ1v) is 6.49. The second kappa shape index (κ2) is 6.74. The average Bonchev–Trinajstić information content (AvgIpc) is 2.83. The van der Waals surface area contributed by atoms with Crippen LogP contribution in [-0.2, 0) is 6.54 Å². The maximum absolute atomic E-state index is 9.88. The van der Waals surface area contributed by atoms with Gasteiger partial charge in [-0.05, 0) is 31.5 Å². The van der Waals surface area contributed by atoms with Crippen molar-refractivity contribution in [3.63, 3.8) is 0 Å². The summed E-state index contributed by atoms with van der Waals surface area (Å²) < 4.78 is 0. The summed E-state index contributed by atoms with van der Waals surface area (Å²) in [6, 6.07) is 10.3. The van der Waals surface area contributed by atoms with Crippen molar-refractivity contribution in [2.45, 2.75) is 25.5 Å². The molecule has 0 amide bonds. The fraction of sp³-hybridized carbons (Fsp3) is 0.571. The molecule has 1 aromatic carbocycles. The minimum atomic E-state index is -0.253. The lowest BCUT2D eigenvalue weighted by Crippen LogP contribution is -2.36. The van der Waals surface area contributed by atoms with Crippen molar-refractivity contribution in [1.29, 1.82) is 0 Å². The van der Waals surface area contributed by atoms with Gasteiger partial charge < -0.3 is 15.3 Å². The zero-order valence-corrected chi connectivity index (χ0v) is 10.3. The Kier molecular flexibility index (Phi) is 4.98. The van der Waals surface area contributed by atoms with E-state index in [9.17, 15) is 5.11 Å². The quantitative estimate of drug-likeness (QED) is 0.777. The second-order valence-corrected chi connectivity index (χ2v) is 4.78. The first kappa shape index (κ1) is 12.6. The Morgan fingerprint density at radius 2 is 1.88 bits per heavy atom. The SMILES string of the molecule is OC(CNCc1ccccc1)CN1CCCC1. The summed E-state index contributed by atoms with van der Waals surface area (Å²) in [5, 5.41) is 13.2. The van der Waals surface area contributed by atoms with Crippen LogP contribution in [0.25, 0.3) is 0 Å². The van der Waals surface area contributed by atoms with Gasteiger partial charge in [-0.2, -0.15) is 0 Å². The number of β-amino-alcohol motifs (C(OH)–C–C–N with tert-alkyl or cyclic N) is 1. The van der Waals surface area contributed by atoms with Crippen LogP contribution in [0.3, 0.4) is 0 Å². The highest BCUT2D eigenvalue weighted by molar-refractivity contribution is 5.14. The molecule has 94 valence electrons. The van der Waals surface area contributed by atoms with Crippen LogP contribution < -0.4 is 5.32 Å². The highest BCUT2D eigenvalue weighted by Gasteiger charge is 2.15. The first-order chi connectivity index (χ1) is 8.34. The molecule has 1 aliphatic heterocycles. The van der Waals surface area contributed by atoms with Crippen LogP contribution in [0.4, 0.5) is 0 Å². The topological polar surface area (TPSA) is 35.5 Å². The van der Waals surface area contributed by atoms with Crippen LogP contribution in [0.2, 0.25) is 0 Å². The molecule has 1 saturated heterocycles. The van der Waals surface area contributed by atoms with Crippen molar-refractivity contribution in [3.8, 4) is 0 Å². The van der Waals surface area contributed by atoms with Gasteiger partial charge in [0.2, 0.25) is 0 Å². The lowest BCUT2D eigenvalue weighted by molar-refractivity contribution is 0.123. The fourth-order valence-electron chi connectivity index (χ4n) is 2.31. The molecule has 0 saturated carbocycles. The smallest absolute Gasteiger partial charge is 0.0791 e. The summed E-state index contributed by atoms with van der Waals surface area (Å²) in [5.41, 5.74) is 1.26. The monoisotopic (exact) mass is 234 g/mol. The van der Waals surface area contributed by atoms with Crippen molar-refractivity contribution < 1.29 is 5.11 Å². The van der Waals surface area contributed by atoms with Crippen LogP contribution in [-0.4, -0.2) is 42.3 Å². The zero-order valence-electron chi connectivity index (χ0n) is 10.3. The van der Waals surface area contributed by atoms with E-state index < -0.39 is 0 Å². The Morgan fingerprint density at radius 1 is 1.18 bits per heavy atom. The minimum Gasteiger partial charge on any atom is -0.390 e. The Bertz CT molecular complexity index is 309. The summed E-state index contributed by atoms with van der Waals surface area (Å²) in [6.45, 7) is 4.61. The number of hydrogen-bond acceptors (Lipinski definition) is 3. The van der Waals surface area contributed by atoms with Crippen molar-refractivity contribution in [2.24, 2.45) is 0 Å². The first-order valence-electron chi connectivity index (χ1n) is 6.49. The summed E-state index contributed by atoms with van der Waals surface area (Å²) >= 11 is 0. The Hall–Kier alpha value is -0.900. The summed E-state index contributed by atoms with van der Waals surface area (Å²) in [4.78, 5) is 2.34. The molecule has 1 atom stereocenters. The molecule has 1 aliphatic rings. The number of nitrogens with zero attached hydrogens (tertiary/aromatic N) is 1. The van der Waals surface area contributed by atoms with Gasteiger partial charge in [0.05, 0.1) is 6.10 Å². The van der Waals surface area contributed by atoms with Crippen LogP contribution in [0, 0.1) is 0 Å². The normalized spacial score (nSPS) is 18.4. The maximum atomic E-state index is 9.88. The number of aliphatic hydroxyl groups excluding tert-OH is 1. The molecule has 2 N–H and O–H groups in total. The van der Waals surface area contributed by atoms with E-state index in [1.54, 1.807) is 0 Å². The second-order valence-electron chi connectivity index (χ2n) is 4.78. The molecule has 17 heavy (non-hydrogen) atoms. The number of hydrogen-bond donors (Lipinski definition) is 2. The molecule has 1 unspecified atom stereocenters. The van der Waals surface area contributed by atoms with Crippen molar-refractivity contribution in [3.05, 3.63) is 35.9 Å². The van der Waals surface area contributed by atoms with Gasteiger partial charge in [-0.3, -0.25) is 0 Å². The largest absolute Gasteiger partial charge is 0.390 e. The van der Waals surface area contributed by atoms with Crippen molar-refractivity contribution >= 4 is 0 Å². The van der Waals surface area contributed by atoms with E-state index >= 15 is 0 Å². The molecule has 0 aliphatic carbocycles. The lowest BCUT2D eigenvalue weighted by Gasteiger charge is -2.19. The number of benzene rings is 1. The van der Waals surface area contributed by atoms with E-state index in [1.165, 1.54) is 18.4 Å². The van der Waals surface area contributed by atoms with Gasteiger partial charge in [0, 0.05) is 19.6 Å². The number of aliphatic hydroxyl groups is 1. The van der Waals surface area contributed by atoms with E-state index in [-0.39, 0.29) is 6.10 Å². The number of rotatable bonds is 6. The molecular weight excluding hydrogens is 212 g/mol. The van der Waals surface area contributed by atoms with Crippen LogP contribution in [0.15, 0.2) is 30.3 Å². The summed E-state index contributed by atoms with van der Waals surface area (Å²) in [5.74, 6) is 0. The fourth-order valence-corrected chi connectivity index (χ4v) is 2.31. The molecule has 1 aromatic rings. The molecule has 3 heteroatoms. The van der Waals surface area contributed by atoms with E-state index in [1.807, 2.05) is 18.2 Å². The highest BCUT2D eigenvalue weighted by atomic mass is 16.3. The Labute approximate surface area is 103 Å². The van der Waals surface area contributed by atoms with Crippen molar-refractivity contribution in [1.82, 2.24) is 10.2 Å². The standard InChI is InChI=1S/C14H22N2O/c17-14(12-16-8-4-5-9-16)11-15-10-13-6-2-1-3-7-13/h1-3,6-7,14-15,17H,4-5,8-12H2. The lowest BCUT2D eigenvalue weighted by atomic mass is 10.2. The molecule has 3 nitrogen and oxygen atoms in total. The van der Waals surface area contributed by atoms with E-state index in [2.05, 4.69) is 22.3 Å². The Balaban J connectivity index is 1.61. The minimum absolute atomic E-state index is 0.253. The molecule has 1 heterocycles.